The number of thiophene rings is 1. The van der Waals surface area contributed by atoms with E-state index in [1.54, 1.807) is 11.4 Å². The number of carbonyl (C=O) groups excluding carboxylic acids is 1. The summed E-state index contributed by atoms with van der Waals surface area (Å²) in [5.41, 5.74) is -3.25. The molecule has 28 heavy (non-hydrogen) atoms. The molecule has 0 radical (unpaired) electrons. The summed E-state index contributed by atoms with van der Waals surface area (Å²) in [5, 5.41) is 16.3. The van der Waals surface area contributed by atoms with Gasteiger partial charge in [-0.2, -0.15) is 13.2 Å². The van der Waals surface area contributed by atoms with Gasteiger partial charge in [0.15, 0.2) is 22.4 Å². The Kier molecular flexibility index (Phi) is 4.47. The van der Waals surface area contributed by atoms with Crippen LogP contribution < -0.4 is 20.1 Å². The van der Waals surface area contributed by atoms with Crippen molar-refractivity contribution in [3.63, 3.8) is 0 Å². The molecule has 148 valence electrons. The van der Waals surface area contributed by atoms with Crippen LogP contribution in [0.1, 0.15) is 21.3 Å². The first-order valence-electron chi connectivity index (χ1n) is 8.06. The van der Waals surface area contributed by atoms with Crippen LogP contribution in [0, 0.1) is 5.92 Å². The predicted octanol–water partition coefficient (Wildman–Crippen LogP) is 2.75. The zero-order valence-corrected chi connectivity index (χ0v) is 15.6. The van der Waals surface area contributed by atoms with Crippen LogP contribution >= 0.6 is 23.6 Å². The van der Waals surface area contributed by atoms with Crippen LogP contribution in [0.25, 0.3) is 0 Å². The molecule has 1 fully saturated rings. The van der Waals surface area contributed by atoms with Gasteiger partial charge in [-0.05, 0) is 41.4 Å². The largest absolute Gasteiger partial charge is 0.454 e. The fourth-order valence-electron chi connectivity index (χ4n) is 3.30. The number of alkyl halides is 3. The predicted molar refractivity (Wildman–Crippen MR) is 97.3 cm³/mol. The molecule has 1 aromatic heterocycles. The van der Waals surface area contributed by atoms with Crippen molar-refractivity contribution in [3.8, 4) is 11.5 Å². The number of carbonyl (C=O) groups is 1. The Hall–Kier alpha value is -2.37. The van der Waals surface area contributed by atoms with Gasteiger partial charge < -0.3 is 25.2 Å². The summed E-state index contributed by atoms with van der Waals surface area (Å²) in [5.74, 6) is -2.02. The maximum Gasteiger partial charge on any atom is 0.437 e. The normalized spacial score (nSPS) is 26.5. The van der Waals surface area contributed by atoms with Crippen molar-refractivity contribution >= 4 is 34.5 Å². The van der Waals surface area contributed by atoms with E-state index in [9.17, 15) is 23.1 Å². The second kappa shape index (κ2) is 6.61. The molecule has 1 aromatic carbocycles. The lowest BCUT2D eigenvalue weighted by molar-refractivity contribution is -0.285. The van der Waals surface area contributed by atoms with Crippen molar-refractivity contribution in [1.29, 1.82) is 0 Å². The summed E-state index contributed by atoms with van der Waals surface area (Å²) >= 11 is 5.89. The number of halogens is 3. The molecule has 0 saturated carbocycles. The number of hydrogen-bond acceptors (Lipinski definition) is 6. The van der Waals surface area contributed by atoms with E-state index in [4.69, 9.17) is 21.7 Å². The van der Waals surface area contributed by atoms with Gasteiger partial charge in [0.05, 0.1) is 10.9 Å². The van der Waals surface area contributed by atoms with Crippen molar-refractivity contribution in [2.24, 2.45) is 5.92 Å². The van der Waals surface area contributed by atoms with E-state index >= 15 is 0 Å². The minimum absolute atomic E-state index is 0.0130. The quantitative estimate of drug-likeness (QED) is 0.511. The molecule has 3 N–H and O–H groups in total. The van der Waals surface area contributed by atoms with Crippen molar-refractivity contribution < 1.29 is 32.5 Å². The number of hydrogen-bond donors (Lipinski definition) is 3. The first kappa shape index (κ1) is 19.0. The van der Waals surface area contributed by atoms with Crippen molar-refractivity contribution in [2.75, 3.05) is 6.79 Å². The number of Topliss-reactive ketones (excluding diaryl/α,β-unsaturated/α-hetero) is 1. The summed E-state index contributed by atoms with van der Waals surface area (Å²) in [6, 6.07) is 6.22. The highest BCUT2D eigenvalue weighted by molar-refractivity contribution is 7.80. The molecule has 2 aliphatic heterocycles. The zero-order valence-electron chi connectivity index (χ0n) is 13.9. The molecule has 0 unspecified atom stereocenters. The average molecular weight is 430 g/mol. The number of rotatable bonds is 3. The molecule has 3 heterocycles. The van der Waals surface area contributed by atoms with Crippen LogP contribution in [-0.4, -0.2) is 34.7 Å². The molecule has 1 saturated heterocycles. The van der Waals surface area contributed by atoms with E-state index in [-0.39, 0.29) is 11.7 Å². The fourth-order valence-corrected chi connectivity index (χ4v) is 4.28. The maximum atomic E-state index is 13.9. The summed E-state index contributed by atoms with van der Waals surface area (Å²) in [7, 11) is 0. The zero-order chi connectivity index (χ0) is 20.1. The molecule has 0 spiro atoms. The topological polar surface area (TPSA) is 79.8 Å². The summed E-state index contributed by atoms with van der Waals surface area (Å²) in [6.07, 6.45) is -5.16. The van der Waals surface area contributed by atoms with E-state index in [1.165, 1.54) is 24.3 Å². The van der Waals surface area contributed by atoms with Crippen LogP contribution in [0.3, 0.4) is 0 Å². The second-order valence-electron chi connectivity index (χ2n) is 6.27. The molecule has 3 atom stereocenters. The molecule has 0 bridgehead atoms. The number of fused-ring (bicyclic) bond motifs is 1. The van der Waals surface area contributed by atoms with E-state index in [1.807, 2.05) is 5.32 Å². The Bertz CT molecular complexity index is 935. The molecular weight excluding hydrogens is 417 g/mol. The SMILES string of the molecule is O=C(c1cccs1)[C@H]1[C@@H](c2ccc3c(c2)OCO3)NC(=S)N[C@]1(O)C(F)(F)F. The van der Waals surface area contributed by atoms with Gasteiger partial charge in [0.2, 0.25) is 12.5 Å². The monoisotopic (exact) mass is 430 g/mol. The van der Waals surface area contributed by atoms with E-state index < -0.39 is 34.8 Å². The van der Waals surface area contributed by atoms with Gasteiger partial charge in [-0.3, -0.25) is 4.79 Å². The number of thiocarbonyl (C=S) groups is 1. The van der Waals surface area contributed by atoms with Crippen LogP contribution in [0.4, 0.5) is 13.2 Å². The highest BCUT2D eigenvalue weighted by Gasteiger charge is 2.65. The van der Waals surface area contributed by atoms with Gasteiger partial charge in [0, 0.05) is 0 Å². The number of benzene rings is 1. The molecule has 2 aromatic rings. The van der Waals surface area contributed by atoms with Crippen molar-refractivity contribution in [2.45, 2.75) is 17.9 Å². The molecule has 11 heteroatoms. The number of nitrogens with one attached hydrogen (secondary N) is 2. The Balaban J connectivity index is 1.84. The van der Waals surface area contributed by atoms with Gasteiger partial charge in [0.25, 0.3) is 0 Å². The van der Waals surface area contributed by atoms with Crippen LogP contribution in [0.15, 0.2) is 35.7 Å². The minimum Gasteiger partial charge on any atom is -0.454 e. The second-order valence-corrected chi connectivity index (χ2v) is 7.63. The minimum atomic E-state index is -5.16. The van der Waals surface area contributed by atoms with Crippen LogP contribution in [0.5, 0.6) is 11.5 Å². The standard InChI is InChI=1S/C17H13F3N2O4S2/c18-17(19,20)16(24)12(14(23)11-2-1-5-28-11)13(21-15(27)22-16)8-3-4-9-10(6-8)26-7-25-9/h1-6,12-13,24H,7H2,(H2,21,22,27)/t12-,13-,16-/m1/s1. The average Bonchev–Trinajstić information content (AvgIpc) is 3.30. The van der Waals surface area contributed by atoms with E-state index in [2.05, 4.69) is 5.32 Å². The Morgan fingerprint density at radius 2 is 2.04 bits per heavy atom. The number of ketones is 1. The molecule has 2 aliphatic rings. The van der Waals surface area contributed by atoms with Gasteiger partial charge in [0.1, 0.15) is 5.92 Å². The summed E-state index contributed by atoms with van der Waals surface area (Å²) < 4.78 is 52.1. The Morgan fingerprint density at radius 1 is 1.29 bits per heavy atom. The Labute approximate surface area is 166 Å². The van der Waals surface area contributed by atoms with Gasteiger partial charge in [-0.15, -0.1) is 11.3 Å². The lowest BCUT2D eigenvalue weighted by Gasteiger charge is -2.46. The molecular formula is C17H13F3N2O4S2. The third-order valence-corrected chi connectivity index (χ3v) is 5.71. The van der Waals surface area contributed by atoms with Crippen molar-refractivity contribution in [3.05, 3.63) is 46.2 Å². The van der Waals surface area contributed by atoms with Gasteiger partial charge in [-0.25, -0.2) is 0 Å². The van der Waals surface area contributed by atoms with Crippen LogP contribution in [-0.2, 0) is 0 Å². The third kappa shape index (κ3) is 2.99. The molecule has 4 rings (SSSR count). The van der Waals surface area contributed by atoms with E-state index in [0.717, 1.165) is 11.3 Å². The lowest BCUT2D eigenvalue weighted by atomic mass is 9.78. The fraction of sp³-hybridized carbons (Fsp3) is 0.294. The van der Waals surface area contributed by atoms with Gasteiger partial charge >= 0.3 is 6.18 Å². The maximum absolute atomic E-state index is 13.9. The molecule has 6 nitrogen and oxygen atoms in total. The summed E-state index contributed by atoms with van der Waals surface area (Å²) in [6.45, 7) is -0.0130. The lowest BCUT2D eigenvalue weighted by Crippen LogP contribution is -2.72. The smallest absolute Gasteiger partial charge is 0.437 e. The highest BCUT2D eigenvalue weighted by atomic mass is 32.1. The van der Waals surface area contributed by atoms with Crippen LogP contribution in [0.2, 0.25) is 0 Å². The third-order valence-electron chi connectivity index (χ3n) is 4.61. The first-order valence-corrected chi connectivity index (χ1v) is 9.34. The highest BCUT2D eigenvalue weighted by Crippen LogP contribution is 2.45. The molecule has 0 amide bonds. The number of aliphatic hydroxyl groups is 1. The summed E-state index contributed by atoms with van der Waals surface area (Å²) in [4.78, 5) is 13.1. The number of ether oxygens (including phenoxy) is 2. The van der Waals surface area contributed by atoms with Gasteiger partial charge in [-0.1, -0.05) is 12.1 Å². The van der Waals surface area contributed by atoms with E-state index in [0.29, 0.717) is 17.1 Å². The van der Waals surface area contributed by atoms with Crippen molar-refractivity contribution in [1.82, 2.24) is 10.6 Å². The first-order chi connectivity index (χ1) is 13.2. The Morgan fingerprint density at radius 3 is 2.71 bits per heavy atom. The molecule has 0 aliphatic carbocycles.